The number of hydrogen-bond acceptors (Lipinski definition) is 4. The molecular formula is C17H18O4. The molecule has 21 heavy (non-hydrogen) atoms. The number of aliphatic hydroxyl groups excluding tert-OH is 1. The summed E-state index contributed by atoms with van der Waals surface area (Å²) >= 11 is 0. The lowest BCUT2D eigenvalue weighted by atomic mass is 9.93. The molecule has 2 N–H and O–H groups in total. The van der Waals surface area contributed by atoms with Gasteiger partial charge in [0.1, 0.15) is 0 Å². The number of carbonyl (C=O) groups excluding carboxylic acids is 1. The van der Waals surface area contributed by atoms with E-state index in [9.17, 15) is 4.79 Å². The molecule has 2 aromatic rings. The zero-order valence-electron chi connectivity index (χ0n) is 12.0. The number of methoxy groups -OCH3 is 1. The van der Waals surface area contributed by atoms with Gasteiger partial charge in [0.25, 0.3) is 0 Å². The molecule has 0 spiro atoms. The maximum absolute atomic E-state index is 11.9. The standard InChI is InChI=1S/C17H18O4/c1-11-5-3-4-6-13(11)15-9-12(10-16(18)19)7-8-14(15)17(20)21-2/h3-9,16,18-19H,10H2,1-2H3. The summed E-state index contributed by atoms with van der Waals surface area (Å²) in [5, 5.41) is 18.2. The average Bonchev–Trinajstić information content (AvgIpc) is 2.46. The van der Waals surface area contributed by atoms with Crippen molar-refractivity contribution in [1.29, 1.82) is 0 Å². The summed E-state index contributed by atoms with van der Waals surface area (Å²) < 4.78 is 4.82. The summed E-state index contributed by atoms with van der Waals surface area (Å²) in [6.45, 7) is 1.96. The minimum Gasteiger partial charge on any atom is -0.465 e. The largest absolute Gasteiger partial charge is 0.465 e. The Kier molecular flexibility index (Phi) is 4.73. The van der Waals surface area contributed by atoms with Gasteiger partial charge in [0.2, 0.25) is 0 Å². The molecule has 0 heterocycles. The van der Waals surface area contributed by atoms with Crippen LogP contribution in [-0.2, 0) is 11.2 Å². The maximum Gasteiger partial charge on any atom is 0.338 e. The molecule has 0 aliphatic rings. The van der Waals surface area contributed by atoms with Crippen LogP contribution in [0.4, 0.5) is 0 Å². The number of benzene rings is 2. The number of ether oxygens (including phenoxy) is 1. The zero-order chi connectivity index (χ0) is 15.4. The van der Waals surface area contributed by atoms with Crippen LogP contribution >= 0.6 is 0 Å². The van der Waals surface area contributed by atoms with E-state index in [1.807, 2.05) is 31.2 Å². The molecule has 0 aromatic heterocycles. The van der Waals surface area contributed by atoms with Crippen LogP contribution in [0.2, 0.25) is 0 Å². The van der Waals surface area contributed by atoms with Crippen LogP contribution in [-0.4, -0.2) is 29.6 Å². The van der Waals surface area contributed by atoms with Crippen LogP contribution in [0.3, 0.4) is 0 Å². The minimum atomic E-state index is -1.42. The van der Waals surface area contributed by atoms with Gasteiger partial charge in [-0.2, -0.15) is 0 Å². The molecule has 0 radical (unpaired) electrons. The summed E-state index contributed by atoms with van der Waals surface area (Å²) in [6, 6.07) is 12.9. The molecule has 2 rings (SSSR count). The second-order valence-electron chi connectivity index (χ2n) is 4.87. The lowest BCUT2D eigenvalue weighted by Gasteiger charge is -2.13. The molecular weight excluding hydrogens is 268 g/mol. The van der Waals surface area contributed by atoms with Gasteiger partial charge in [-0.15, -0.1) is 0 Å². The third-order valence-electron chi connectivity index (χ3n) is 3.34. The van der Waals surface area contributed by atoms with Crippen molar-refractivity contribution in [3.05, 3.63) is 59.2 Å². The molecule has 2 aromatic carbocycles. The van der Waals surface area contributed by atoms with Crippen LogP contribution < -0.4 is 0 Å². The summed E-state index contributed by atoms with van der Waals surface area (Å²) in [4.78, 5) is 11.9. The predicted octanol–water partition coefficient (Wildman–Crippen LogP) is 2.30. The lowest BCUT2D eigenvalue weighted by molar-refractivity contribution is -0.0381. The normalized spacial score (nSPS) is 10.7. The van der Waals surface area contributed by atoms with Crippen molar-refractivity contribution < 1.29 is 19.7 Å². The van der Waals surface area contributed by atoms with E-state index in [2.05, 4.69) is 0 Å². The Labute approximate surface area is 123 Å². The summed E-state index contributed by atoms with van der Waals surface area (Å²) in [7, 11) is 1.34. The van der Waals surface area contributed by atoms with Crippen LogP contribution in [0.15, 0.2) is 42.5 Å². The Morgan fingerprint density at radius 3 is 2.48 bits per heavy atom. The Bertz CT molecular complexity index is 647. The quantitative estimate of drug-likeness (QED) is 0.668. The second-order valence-corrected chi connectivity index (χ2v) is 4.87. The van der Waals surface area contributed by atoms with Gasteiger partial charge < -0.3 is 14.9 Å². The highest BCUT2D eigenvalue weighted by Crippen LogP contribution is 2.28. The molecule has 4 nitrogen and oxygen atoms in total. The van der Waals surface area contributed by atoms with Crippen molar-refractivity contribution in [1.82, 2.24) is 0 Å². The monoisotopic (exact) mass is 286 g/mol. The molecule has 0 amide bonds. The topological polar surface area (TPSA) is 66.8 Å². The predicted molar refractivity (Wildman–Crippen MR) is 79.9 cm³/mol. The van der Waals surface area contributed by atoms with Crippen LogP contribution in [0.5, 0.6) is 0 Å². The van der Waals surface area contributed by atoms with Crippen LogP contribution in [0, 0.1) is 6.92 Å². The van der Waals surface area contributed by atoms with E-state index in [0.29, 0.717) is 5.56 Å². The third-order valence-corrected chi connectivity index (χ3v) is 3.34. The highest BCUT2D eigenvalue weighted by atomic mass is 16.5. The van der Waals surface area contributed by atoms with E-state index < -0.39 is 12.3 Å². The first-order chi connectivity index (χ1) is 10.0. The fraction of sp³-hybridized carbons (Fsp3) is 0.235. The van der Waals surface area contributed by atoms with Gasteiger partial charge in [0.15, 0.2) is 6.29 Å². The number of rotatable bonds is 4. The van der Waals surface area contributed by atoms with Gasteiger partial charge in [-0.25, -0.2) is 4.79 Å². The molecule has 110 valence electrons. The lowest BCUT2D eigenvalue weighted by Crippen LogP contribution is -2.10. The molecule has 4 heteroatoms. The smallest absolute Gasteiger partial charge is 0.338 e. The van der Waals surface area contributed by atoms with Crippen LogP contribution in [0.1, 0.15) is 21.5 Å². The highest BCUT2D eigenvalue weighted by molar-refractivity contribution is 5.97. The molecule has 0 atom stereocenters. The van der Waals surface area contributed by atoms with Crippen molar-refractivity contribution in [2.24, 2.45) is 0 Å². The van der Waals surface area contributed by atoms with E-state index in [-0.39, 0.29) is 6.42 Å². The first kappa shape index (κ1) is 15.2. The summed E-state index contributed by atoms with van der Waals surface area (Å²) in [6.07, 6.45) is -1.31. The Morgan fingerprint density at radius 1 is 1.14 bits per heavy atom. The number of aliphatic hydroxyl groups is 2. The average molecular weight is 286 g/mol. The van der Waals surface area contributed by atoms with Crippen molar-refractivity contribution in [3.63, 3.8) is 0 Å². The van der Waals surface area contributed by atoms with E-state index >= 15 is 0 Å². The van der Waals surface area contributed by atoms with E-state index in [0.717, 1.165) is 22.3 Å². The number of aryl methyl sites for hydroxylation is 1. The molecule has 0 saturated heterocycles. The highest BCUT2D eigenvalue weighted by Gasteiger charge is 2.15. The minimum absolute atomic E-state index is 0.111. The first-order valence-electron chi connectivity index (χ1n) is 6.66. The van der Waals surface area contributed by atoms with Gasteiger partial charge in [-0.3, -0.25) is 0 Å². The van der Waals surface area contributed by atoms with Crippen molar-refractivity contribution >= 4 is 5.97 Å². The zero-order valence-corrected chi connectivity index (χ0v) is 12.0. The van der Waals surface area contributed by atoms with Gasteiger partial charge in [0, 0.05) is 6.42 Å². The third kappa shape index (κ3) is 3.48. The van der Waals surface area contributed by atoms with Gasteiger partial charge >= 0.3 is 5.97 Å². The van der Waals surface area contributed by atoms with Crippen molar-refractivity contribution in [2.45, 2.75) is 19.6 Å². The molecule has 0 aliphatic heterocycles. The Morgan fingerprint density at radius 2 is 1.86 bits per heavy atom. The summed E-state index contributed by atoms with van der Waals surface area (Å²) in [5.74, 6) is -0.413. The van der Waals surface area contributed by atoms with Crippen molar-refractivity contribution in [3.8, 4) is 11.1 Å². The Balaban J connectivity index is 2.58. The molecule has 0 aliphatic carbocycles. The molecule has 0 saturated carbocycles. The maximum atomic E-state index is 11.9. The number of esters is 1. The van der Waals surface area contributed by atoms with Gasteiger partial charge in [0.05, 0.1) is 12.7 Å². The SMILES string of the molecule is COC(=O)c1ccc(CC(O)O)cc1-c1ccccc1C. The van der Waals surface area contributed by atoms with E-state index in [1.54, 1.807) is 18.2 Å². The van der Waals surface area contributed by atoms with Gasteiger partial charge in [-0.1, -0.05) is 36.4 Å². The fourth-order valence-electron chi connectivity index (χ4n) is 2.32. The number of hydrogen-bond donors (Lipinski definition) is 2. The molecule has 0 bridgehead atoms. The van der Waals surface area contributed by atoms with E-state index in [1.165, 1.54) is 7.11 Å². The summed E-state index contributed by atoms with van der Waals surface area (Å²) in [5.41, 5.74) is 3.90. The van der Waals surface area contributed by atoms with Crippen molar-refractivity contribution in [2.75, 3.05) is 7.11 Å². The Hall–Kier alpha value is -2.17. The second kappa shape index (κ2) is 6.52. The fourth-order valence-corrected chi connectivity index (χ4v) is 2.32. The van der Waals surface area contributed by atoms with E-state index in [4.69, 9.17) is 14.9 Å². The number of carbonyl (C=O) groups is 1. The van der Waals surface area contributed by atoms with Gasteiger partial charge in [-0.05, 0) is 35.2 Å². The molecule has 0 unspecified atom stereocenters. The first-order valence-corrected chi connectivity index (χ1v) is 6.66. The molecule has 0 fully saturated rings. The van der Waals surface area contributed by atoms with Crippen LogP contribution in [0.25, 0.3) is 11.1 Å².